The molecular formula is C13H10BrN3O3. The molecule has 0 radical (unpaired) electrons. The lowest BCUT2D eigenvalue weighted by Gasteiger charge is -2.07. The van der Waals surface area contributed by atoms with Crippen molar-refractivity contribution < 1.29 is 14.7 Å². The average Bonchev–Trinajstić information content (AvgIpc) is 2.42. The zero-order valence-electron chi connectivity index (χ0n) is 10.1. The first kappa shape index (κ1) is 14.0. The maximum atomic E-state index is 11.7. The molecule has 0 aliphatic carbocycles. The van der Waals surface area contributed by atoms with Gasteiger partial charge in [-0.2, -0.15) is 0 Å². The largest absolute Gasteiger partial charge is 0.477 e. The Morgan fingerprint density at radius 1 is 1.00 bits per heavy atom. The molecule has 2 amide bonds. The summed E-state index contributed by atoms with van der Waals surface area (Å²) >= 11 is 3.30. The minimum atomic E-state index is -1.11. The van der Waals surface area contributed by atoms with Crippen molar-refractivity contribution in [2.75, 3.05) is 10.6 Å². The molecule has 102 valence electrons. The fourth-order valence-electron chi connectivity index (χ4n) is 1.42. The number of pyridine rings is 1. The molecule has 0 saturated carbocycles. The summed E-state index contributed by atoms with van der Waals surface area (Å²) in [6.07, 6.45) is 1.28. The highest BCUT2D eigenvalue weighted by Gasteiger charge is 2.06. The van der Waals surface area contributed by atoms with Gasteiger partial charge in [0.1, 0.15) is 5.69 Å². The fraction of sp³-hybridized carbons (Fsp3) is 0. The van der Waals surface area contributed by atoms with E-state index in [1.807, 2.05) is 0 Å². The predicted octanol–water partition coefficient (Wildman–Crippen LogP) is 3.19. The van der Waals surface area contributed by atoms with Crippen LogP contribution in [0.1, 0.15) is 10.5 Å². The van der Waals surface area contributed by atoms with Crippen LogP contribution in [0.5, 0.6) is 0 Å². The summed E-state index contributed by atoms with van der Waals surface area (Å²) in [5.41, 5.74) is 0.967. The van der Waals surface area contributed by atoms with Gasteiger partial charge in [-0.1, -0.05) is 15.9 Å². The number of benzene rings is 1. The van der Waals surface area contributed by atoms with E-state index in [9.17, 15) is 9.59 Å². The van der Waals surface area contributed by atoms with Crippen molar-refractivity contribution in [2.45, 2.75) is 0 Å². The number of carboxylic acid groups (broad SMARTS) is 1. The van der Waals surface area contributed by atoms with Crippen LogP contribution in [0.3, 0.4) is 0 Å². The Morgan fingerprint density at radius 3 is 2.15 bits per heavy atom. The number of aromatic nitrogens is 1. The second-order valence-corrected chi connectivity index (χ2v) is 4.74. The molecule has 7 heteroatoms. The van der Waals surface area contributed by atoms with Gasteiger partial charge < -0.3 is 15.7 Å². The summed E-state index contributed by atoms with van der Waals surface area (Å²) in [5.74, 6) is -1.11. The molecule has 0 unspecified atom stereocenters. The minimum absolute atomic E-state index is 0.0798. The van der Waals surface area contributed by atoms with Gasteiger partial charge in [0, 0.05) is 10.2 Å². The van der Waals surface area contributed by atoms with Crippen LogP contribution >= 0.6 is 15.9 Å². The molecule has 1 aromatic heterocycles. The second kappa shape index (κ2) is 6.16. The van der Waals surface area contributed by atoms with Crippen molar-refractivity contribution in [3.8, 4) is 0 Å². The second-order valence-electron chi connectivity index (χ2n) is 3.82. The van der Waals surface area contributed by atoms with Gasteiger partial charge in [-0.05, 0) is 36.4 Å². The molecule has 0 fully saturated rings. The lowest BCUT2D eigenvalue weighted by Crippen LogP contribution is -2.19. The van der Waals surface area contributed by atoms with E-state index in [0.717, 1.165) is 4.47 Å². The molecule has 2 aromatic rings. The Morgan fingerprint density at radius 2 is 1.60 bits per heavy atom. The number of hydrogen-bond donors (Lipinski definition) is 3. The lowest BCUT2D eigenvalue weighted by atomic mass is 10.3. The van der Waals surface area contributed by atoms with Crippen molar-refractivity contribution in [3.05, 3.63) is 52.8 Å². The molecule has 20 heavy (non-hydrogen) atoms. The van der Waals surface area contributed by atoms with Crippen LogP contribution < -0.4 is 10.6 Å². The molecule has 0 aliphatic rings. The quantitative estimate of drug-likeness (QED) is 0.803. The molecule has 0 atom stereocenters. The predicted molar refractivity (Wildman–Crippen MR) is 78.0 cm³/mol. The van der Waals surface area contributed by atoms with E-state index in [0.29, 0.717) is 11.4 Å². The molecule has 1 aromatic carbocycles. The van der Waals surface area contributed by atoms with Crippen LogP contribution in [-0.4, -0.2) is 22.1 Å². The first-order valence-electron chi connectivity index (χ1n) is 5.57. The fourth-order valence-corrected chi connectivity index (χ4v) is 1.69. The molecule has 0 aliphatic heterocycles. The van der Waals surface area contributed by atoms with E-state index in [1.165, 1.54) is 18.3 Å². The van der Waals surface area contributed by atoms with Crippen molar-refractivity contribution in [2.24, 2.45) is 0 Å². The number of aromatic carboxylic acids is 1. The van der Waals surface area contributed by atoms with Gasteiger partial charge >= 0.3 is 12.0 Å². The molecule has 3 N–H and O–H groups in total. The van der Waals surface area contributed by atoms with E-state index < -0.39 is 12.0 Å². The zero-order valence-corrected chi connectivity index (χ0v) is 11.7. The summed E-state index contributed by atoms with van der Waals surface area (Å²) in [6, 6.07) is 9.45. The number of anilines is 2. The van der Waals surface area contributed by atoms with Gasteiger partial charge in [-0.15, -0.1) is 0 Å². The van der Waals surface area contributed by atoms with E-state index in [1.54, 1.807) is 24.3 Å². The normalized spacial score (nSPS) is 9.85. The van der Waals surface area contributed by atoms with E-state index in [-0.39, 0.29) is 5.69 Å². The molecule has 0 saturated heterocycles. The molecule has 6 nitrogen and oxygen atoms in total. The number of nitrogens with zero attached hydrogens (tertiary/aromatic N) is 1. The standard InChI is InChI=1S/C13H10BrN3O3/c14-8-1-3-9(4-2-8)16-13(20)17-10-5-6-11(12(18)19)15-7-10/h1-7H,(H,18,19)(H2,16,17,20). The van der Waals surface area contributed by atoms with Gasteiger partial charge in [-0.25, -0.2) is 14.6 Å². The van der Waals surface area contributed by atoms with Gasteiger partial charge in [0.25, 0.3) is 0 Å². The van der Waals surface area contributed by atoms with Gasteiger partial charge in [0.2, 0.25) is 0 Å². The van der Waals surface area contributed by atoms with Crippen LogP contribution in [0, 0.1) is 0 Å². The number of carboxylic acids is 1. The summed E-state index contributed by atoms with van der Waals surface area (Å²) in [5, 5.41) is 13.9. The first-order chi connectivity index (χ1) is 9.54. The third kappa shape index (κ3) is 3.79. The summed E-state index contributed by atoms with van der Waals surface area (Å²) in [4.78, 5) is 26.0. The SMILES string of the molecule is O=C(Nc1ccc(Br)cc1)Nc1ccc(C(=O)O)nc1. The first-order valence-corrected chi connectivity index (χ1v) is 6.37. The average molecular weight is 336 g/mol. The summed E-state index contributed by atoms with van der Waals surface area (Å²) in [7, 11) is 0. The van der Waals surface area contributed by atoms with Crippen LogP contribution in [0.4, 0.5) is 16.2 Å². The van der Waals surface area contributed by atoms with Crippen molar-refractivity contribution in [1.82, 2.24) is 4.98 Å². The Bertz CT molecular complexity index is 626. The van der Waals surface area contributed by atoms with Gasteiger partial charge in [0.15, 0.2) is 0 Å². The smallest absolute Gasteiger partial charge is 0.354 e. The minimum Gasteiger partial charge on any atom is -0.477 e. The lowest BCUT2D eigenvalue weighted by molar-refractivity contribution is 0.0690. The highest BCUT2D eigenvalue weighted by molar-refractivity contribution is 9.10. The van der Waals surface area contributed by atoms with E-state index in [4.69, 9.17) is 5.11 Å². The summed E-state index contributed by atoms with van der Waals surface area (Å²) < 4.78 is 0.914. The Kier molecular flexibility index (Phi) is 4.31. The Hall–Kier alpha value is -2.41. The monoisotopic (exact) mass is 335 g/mol. The Balaban J connectivity index is 1.97. The number of halogens is 1. The maximum absolute atomic E-state index is 11.7. The maximum Gasteiger partial charge on any atom is 0.354 e. The Labute approximate surface area is 123 Å². The topological polar surface area (TPSA) is 91.3 Å². The summed E-state index contributed by atoms with van der Waals surface area (Å²) in [6.45, 7) is 0. The highest BCUT2D eigenvalue weighted by Crippen LogP contribution is 2.14. The molecular weight excluding hydrogens is 326 g/mol. The van der Waals surface area contributed by atoms with E-state index >= 15 is 0 Å². The third-order valence-corrected chi connectivity index (χ3v) is 2.87. The van der Waals surface area contributed by atoms with Crippen molar-refractivity contribution >= 4 is 39.3 Å². The zero-order chi connectivity index (χ0) is 14.5. The number of carbonyl (C=O) groups is 2. The molecule has 0 spiro atoms. The molecule has 1 heterocycles. The number of hydrogen-bond acceptors (Lipinski definition) is 3. The van der Waals surface area contributed by atoms with Gasteiger partial charge in [0.05, 0.1) is 11.9 Å². The van der Waals surface area contributed by atoms with Gasteiger partial charge in [-0.3, -0.25) is 0 Å². The van der Waals surface area contributed by atoms with Crippen LogP contribution in [0.25, 0.3) is 0 Å². The van der Waals surface area contributed by atoms with Crippen molar-refractivity contribution in [1.29, 1.82) is 0 Å². The van der Waals surface area contributed by atoms with Crippen LogP contribution in [-0.2, 0) is 0 Å². The number of rotatable bonds is 3. The number of urea groups is 1. The number of carbonyl (C=O) groups excluding carboxylic acids is 1. The van der Waals surface area contributed by atoms with Crippen LogP contribution in [0.15, 0.2) is 47.1 Å². The number of amides is 2. The van der Waals surface area contributed by atoms with Crippen molar-refractivity contribution in [3.63, 3.8) is 0 Å². The van der Waals surface area contributed by atoms with Crippen LogP contribution in [0.2, 0.25) is 0 Å². The third-order valence-electron chi connectivity index (χ3n) is 2.34. The number of nitrogens with one attached hydrogen (secondary N) is 2. The van der Waals surface area contributed by atoms with E-state index in [2.05, 4.69) is 31.5 Å². The molecule has 0 bridgehead atoms. The molecule has 2 rings (SSSR count). The highest BCUT2D eigenvalue weighted by atomic mass is 79.9.